The van der Waals surface area contributed by atoms with Gasteiger partial charge in [0.15, 0.2) is 5.58 Å². The van der Waals surface area contributed by atoms with Crippen LogP contribution in [0, 0.1) is 0 Å². The maximum absolute atomic E-state index is 8.67. The fraction of sp³-hybridized carbons (Fsp3) is 0. The molecule has 0 saturated heterocycles. The summed E-state index contributed by atoms with van der Waals surface area (Å²) in [5.74, 6) is 1.91. The van der Waals surface area contributed by atoms with Crippen LogP contribution in [0.15, 0.2) is 386 Å². The van der Waals surface area contributed by atoms with Crippen LogP contribution in [-0.2, 0) is 0 Å². The fourth-order valence-electron chi connectivity index (χ4n) is 17.3. The van der Waals surface area contributed by atoms with Gasteiger partial charge in [-0.15, -0.1) is 0 Å². The van der Waals surface area contributed by atoms with Gasteiger partial charge in [-0.25, -0.2) is 15.0 Å². The van der Waals surface area contributed by atoms with Crippen LogP contribution in [0.1, 0.15) is 1.43 Å². The van der Waals surface area contributed by atoms with Gasteiger partial charge >= 0.3 is 7.69 Å². The largest absolute Gasteiger partial charge is 1.00 e. The lowest BCUT2D eigenvalue weighted by Gasteiger charge is -2.11. The van der Waals surface area contributed by atoms with E-state index in [2.05, 4.69) is 300 Å². The van der Waals surface area contributed by atoms with Crippen LogP contribution in [0.3, 0.4) is 0 Å². The Hall–Kier alpha value is -15.0. The SMILES string of the molecule is Brc1ccc2[nH]c3ccccc3c2c1.Clc1ccnc(Cl)n1.O[B]Oc1cccc2c1oc1ccccc12.[H-].c1ccc2c(c1)[nH]c1ccc(-c3cccc4c3oc3ccccc34)cc12.c1ccc2c(c1)oc1c(-c3ccc4c(c3)c3ccccc3n4-c3ccnc(-n4c5ccccc5c5cc(-c6cccc7c6oc6ccccc67)ccc54)n3)cccc12. The van der Waals surface area contributed by atoms with Crippen molar-refractivity contribution in [3.8, 4) is 50.9 Å². The number of H-pyrrole nitrogens is 2. The van der Waals surface area contributed by atoms with Gasteiger partial charge in [0.2, 0.25) is 11.2 Å². The molecule has 0 fully saturated rings. The van der Waals surface area contributed by atoms with Crippen LogP contribution in [0.4, 0.5) is 0 Å². The molecule has 16 aromatic carbocycles. The van der Waals surface area contributed by atoms with Crippen molar-refractivity contribution in [3.63, 3.8) is 0 Å². The Bertz CT molecular complexity index is 8360. The molecule has 14 nitrogen and oxygen atoms in total. The van der Waals surface area contributed by atoms with E-state index in [1.54, 1.807) is 12.1 Å². The third-order valence-electron chi connectivity index (χ3n) is 22.7. The molecule has 122 heavy (non-hydrogen) atoms. The van der Waals surface area contributed by atoms with Gasteiger partial charge in [-0.1, -0.05) is 258 Å². The van der Waals surface area contributed by atoms with Crippen molar-refractivity contribution in [1.29, 1.82) is 0 Å². The minimum absolute atomic E-state index is 0. The molecule has 581 valence electrons. The van der Waals surface area contributed by atoms with Crippen molar-refractivity contribution in [3.05, 3.63) is 379 Å². The number of para-hydroxylation sites is 12. The first-order valence-electron chi connectivity index (χ1n) is 39.6. The number of aromatic amines is 2. The molecule has 1 radical (unpaired) electrons. The van der Waals surface area contributed by atoms with Crippen LogP contribution >= 0.6 is 39.1 Å². The molecular weight excluding hydrogens is 1620 g/mol. The Balaban J connectivity index is 0.000000116. The van der Waals surface area contributed by atoms with Crippen LogP contribution < -0.4 is 4.65 Å². The summed E-state index contributed by atoms with van der Waals surface area (Å²) in [4.78, 5) is 24.3. The van der Waals surface area contributed by atoms with Gasteiger partial charge in [0, 0.05) is 142 Å². The first-order valence-corrected chi connectivity index (χ1v) is 41.2. The molecule has 0 saturated carbocycles. The third kappa shape index (κ3) is 13.0. The Morgan fingerprint density at radius 1 is 0.320 bits per heavy atom. The average Bonchev–Trinajstić information content (AvgIpc) is 1.57. The Labute approximate surface area is 714 Å². The Morgan fingerprint density at radius 3 is 1.19 bits per heavy atom. The van der Waals surface area contributed by atoms with Gasteiger partial charge < -0.3 is 38.7 Å². The van der Waals surface area contributed by atoms with E-state index in [1.807, 2.05) is 91.1 Å². The number of halogens is 3. The average molecular weight is 1680 g/mol. The predicted molar refractivity (Wildman–Crippen MR) is 504 cm³/mol. The maximum Gasteiger partial charge on any atom is 0.569 e. The molecule has 0 bridgehead atoms. The summed E-state index contributed by atoms with van der Waals surface area (Å²) in [5, 5.41) is 27.6. The number of fused-ring (bicyclic) bond motifs is 24. The molecule has 10 heterocycles. The summed E-state index contributed by atoms with van der Waals surface area (Å²) >= 11 is 14.2. The molecule has 0 aliphatic heterocycles. The van der Waals surface area contributed by atoms with E-state index in [9.17, 15) is 0 Å². The first-order chi connectivity index (χ1) is 60.2. The van der Waals surface area contributed by atoms with Gasteiger partial charge in [0.05, 0.1) is 22.1 Å². The molecule has 3 N–H and O–H groups in total. The second-order valence-electron chi connectivity index (χ2n) is 29.6. The number of hydrogen-bond donors (Lipinski definition) is 3. The third-order valence-corrected chi connectivity index (χ3v) is 23.5. The van der Waals surface area contributed by atoms with Gasteiger partial charge in [0.25, 0.3) is 0 Å². The van der Waals surface area contributed by atoms with E-state index in [4.69, 9.17) is 60.5 Å². The highest BCUT2D eigenvalue weighted by molar-refractivity contribution is 9.10. The molecule has 0 atom stereocenters. The number of rotatable bonds is 7. The van der Waals surface area contributed by atoms with Crippen molar-refractivity contribution >= 4 is 222 Å². The number of furan rings is 4. The summed E-state index contributed by atoms with van der Waals surface area (Å²) in [6, 6.07) is 121. The van der Waals surface area contributed by atoms with Gasteiger partial charge in [0.1, 0.15) is 55.8 Å². The van der Waals surface area contributed by atoms with Crippen molar-refractivity contribution in [2.75, 3.05) is 0 Å². The lowest BCUT2D eigenvalue weighted by atomic mass is 10.0. The van der Waals surface area contributed by atoms with Crippen LogP contribution in [0.2, 0.25) is 10.4 Å². The number of nitrogens with one attached hydrogen (secondary N) is 2. The van der Waals surface area contributed by atoms with Crippen molar-refractivity contribution in [1.82, 2.24) is 39.0 Å². The molecule has 0 aliphatic rings. The van der Waals surface area contributed by atoms with E-state index >= 15 is 0 Å². The Kier molecular flexibility index (Phi) is 18.5. The summed E-state index contributed by atoms with van der Waals surface area (Å²) < 4.78 is 35.3. The normalized spacial score (nSPS) is 11.6. The standard InChI is InChI=1S/C52H30N4O2.C24H15NO.C12H8BO3.C12H8BrN.C4H2Cl2N2.H/c1-5-19-43-35(11-1)41-29-31(33-15-9-17-39-37-13-3-7-21-47(37)57-50(33)39)23-25-45(41)55(43)49-27-28-53-52(54-49)56-44-20-6-2-12-36(44)42-30-32(24-26-46(42)56)34-16-10-18-40-38-14-4-8-22-48(38)58-51(34)40;1-3-10-21-17(6-1)20-14-15(12-13-22(20)25-21)16-8-5-9-19-18-7-2-4-11-23(18)26-24(16)19;14-13-16-11-7-3-5-9-8-4-1-2-6-10(8)15-12(9)11;13-8-5-6-12-10(7-8)9-3-1-2-4-11(9)14-12;5-3-1-2-7-4(6)8-3;/h1-30H;1-14,25H;1-7,14H;1-7,14H;1-2H;/q;;;;;-1. The quantitative estimate of drug-likeness (QED) is 0.0791. The number of benzene rings is 16. The lowest BCUT2D eigenvalue weighted by molar-refractivity contribution is 0.451. The van der Waals surface area contributed by atoms with E-state index in [0.717, 1.165) is 169 Å². The molecule has 0 unspecified atom stereocenters. The molecule has 26 aromatic rings. The Morgan fingerprint density at radius 2 is 0.697 bits per heavy atom. The second-order valence-corrected chi connectivity index (χ2v) is 31.3. The zero-order valence-corrected chi connectivity index (χ0v) is 67.6. The lowest BCUT2D eigenvalue weighted by Crippen LogP contribution is -2.05. The molecular formula is C104H64BBrCl2N8O6-. The molecule has 0 amide bonds. The van der Waals surface area contributed by atoms with E-state index < -0.39 is 0 Å². The number of aromatic nitrogens is 8. The summed E-state index contributed by atoms with van der Waals surface area (Å²) in [6.45, 7) is 0. The van der Waals surface area contributed by atoms with Crippen molar-refractivity contribution < 1.29 is 28.8 Å². The van der Waals surface area contributed by atoms with E-state index in [0.29, 0.717) is 30.1 Å². The minimum atomic E-state index is 0. The first kappa shape index (κ1) is 73.3. The summed E-state index contributed by atoms with van der Waals surface area (Å²) in [6.07, 6.45) is 3.36. The molecule has 10 aromatic heterocycles. The van der Waals surface area contributed by atoms with E-state index in [1.165, 1.54) is 49.9 Å². The van der Waals surface area contributed by atoms with E-state index in [-0.39, 0.29) is 6.71 Å². The van der Waals surface area contributed by atoms with Gasteiger partial charge in [-0.05, 0) is 150 Å². The van der Waals surface area contributed by atoms with Crippen LogP contribution in [0.25, 0.3) is 220 Å². The second kappa shape index (κ2) is 30.7. The zero-order valence-electron chi connectivity index (χ0n) is 65.5. The topological polar surface area (TPSA) is 175 Å². The summed E-state index contributed by atoms with van der Waals surface area (Å²) in [7, 11) is 0.655. The number of nitrogens with zero attached hydrogens (tertiary/aromatic N) is 6. The van der Waals surface area contributed by atoms with Crippen LogP contribution in [-0.4, -0.2) is 51.7 Å². The monoisotopic (exact) mass is 1680 g/mol. The maximum atomic E-state index is 8.67. The molecule has 18 heteroatoms. The molecule has 0 aliphatic carbocycles. The number of hydrogen-bond acceptors (Lipinski definition) is 10. The molecule has 0 spiro atoms. The fourth-order valence-corrected chi connectivity index (χ4v) is 17.9. The summed E-state index contributed by atoms with van der Waals surface area (Å²) in [5.41, 5.74) is 22.5. The predicted octanol–water partition coefficient (Wildman–Crippen LogP) is 29.2. The van der Waals surface area contributed by atoms with Gasteiger partial charge in [-0.2, -0.15) is 4.98 Å². The van der Waals surface area contributed by atoms with Crippen molar-refractivity contribution in [2.45, 2.75) is 0 Å². The molecule has 26 rings (SSSR count). The van der Waals surface area contributed by atoms with Crippen molar-refractivity contribution in [2.24, 2.45) is 0 Å². The highest BCUT2D eigenvalue weighted by atomic mass is 79.9. The minimum Gasteiger partial charge on any atom is -1.00 e. The smallest absolute Gasteiger partial charge is 0.569 e. The highest BCUT2D eigenvalue weighted by Gasteiger charge is 2.23. The van der Waals surface area contributed by atoms with Crippen LogP contribution in [0.5, 0.6) is 5.75 Å². The highest BCUT2D eigenvalue weighted by Crippen LogP contribution is 2.45. The zero-order chi connectivity index (χ0) is 81.5. The van der Waals surface area contributed by atoms with Gasteiger partial charge in [-0.3, -0.25) is 9.13 Å².